The van der Waals surface area contributed by atoms with E-state index in [1.165, 1.54) is 30.3 Å². The fourth-order valence-electron chi connectivity index (χ4n) is 2.09. The second-order valence-electron chi connectivity index (χ2n) is 4.68. The zero-order valence-electron chi connectivity index (χ0n) is 11.5. The first kappa shape index (κ1) is 15.9. The third-order valence-electron chi connectivity index (χ3n) is 3.15. The molecule has 2 aromatic carbocycles. The molecule has 2 N–H and O–H groups in total. The summed E-state index contributed by atoms with van der Waals surface area (Å²) in [5.41, 5.74) is -0.494. The van der Waals surface area contributed by atoms with Gasteiger partial charge in [0.1, 0.15) is 5.75 Å². The van der Waals surface area contributed by atoms with Crippen LogP contribution in [-0.2, 0) is 12.6 Å². The van der Waals surface area contributed by atoms with Crippen LogP contribution in [0.3, 0.4) is 0 Å². The predicted octanol–water partition coefficient (Wildman–Crippen LogP) is 3.38. The molecule has 2 aromatic rings. The van der Waals surface area contributed by atoms with E-state index in [9.17, 15) is 23.1 Å². The summed E-state index contributed by atoms with van der Waals surface area (Å²) in [5.74, 6) is -0.696. The standard InChI is InChI=1S/C16H14F3NO2/c17-16(18,19)13-7-3-1-5-11(13)9-10-20-15(22)12-6-2-4-8-14(12)21/h1-8,21H,9-10H2,(H,20,22). The molecule has 3 nitrogen and oxygen atoms in total. The van der Waals surface area contributed by atoms with Gasteiger partial charge >= 0.3 is 6.18 Å². The maximum Gasteiger partial charge on any atom is 0.416 e. The van der Waals surface area contributed by atoms with E-state index >= 15 is 0 Å². The Labute approximate surface area is 125 Å². The Morgan fingerprint density at radius 1 is 1.05 bits per heavy atom. The van der Waals surface area contributed by atoms with E-state index in [0.29, 0.717) is 0 Å². The van der Waals surface area contributed by atoms with Crippen LogP contribution in [0.2, 0.25) is 0 Å². The molecule has 0 saturated carbocycles. The lowest BCUT2D eigenvalue weighted by Crippen LogP contribution is -2.26. The summed E-state index contributed by atoms with van der Waals surface area (Å²) in [6.45, 7) is 0.0419. The molecule has 0 bridgehead atoms. The van der Waals surface area contributed by atoms with Crippen LogP contribution in [0.25, 0.3) is 0 Å². The van der Waals surface area contributed by atoms with Crippen molar-refractivity contribution in [2.75, 3.05) is 6.54 Å². The molecule has 2 rings (SSSR count). The molecule has 22 heavy (non-hydrogen) atoms. The maximum atomic E-state index is 12.8. The molecule has 0 unspecified atom stereocenters. The predicted molar refractivity (Wildman–Crippen MR) is 75.6 cm³/mol. The van der Waals surface area contributed by atoms with Crippen LogP contribution in [0.4, 0.5) is 13.2 Å². The molecule has 0 heterocycles. The van der Waals surface area contributed by atoms with E-state index in [1.54, 1.807) is 12.1 Å². The molecule has 116 valence electrons. The number of benzene rings is 2. The number of para-hydroxylation sites is 1. The minimum Gasteiger partial charge on any atom is -0.507 e. The first-order valence-corrected chi connectivity index (χ1v) is 6.61. The van der Waals surface area contributed by atoms with Gasteiger partial charge in [0.05, 0.1) is 11.1 Å². The van der Waals surface area contributed by atoms with Gasteiger partial charge in [0.15, 0.2) is 0 Å². The van der Waals surface area contributed by atoms with Gasteiger partial charge in [-0.1, -0.05) is 30.3 Å². The molecule has 0 aliphatic rings. The molecule has 0 spiro atoms. The topological polar surface area (TPSA) is 49.3 Å². The van der Waals surface area contributed by atoms with E-state index in [0.717, 1.165) is 6.07 Å². The molecular formula is C16H14F3NO2. The number of carbonyl (C=O) groups is 1. The number of hydrogen-bond acceptors (Lipinski definition) is 2. The van der Waals surface area contributed by atoms with E-state index in [4.69, 9.17) is 0 Å². The lowest BCUT2D eigenvalue weighted by molar-refractivity contribution is -0.138. The quantitative estimate of drug-likeness (QED) is 0.909. The number of amides is 1. The molecule has 0 aromatic heterocycles. The van der Waals surface area contributed by atoms with Gasteiger partial charge in [-0.15, -0.1) is 0 Å². The highest BCUT2D eigenvalue weighted by Crippen LogP contribution is 2.31. The average molecular weight is 309 g/mol. The van der Waals surface area contributed by atoms with Gasteiger partial charge in [0.2, 0.25) is 0 Å². The van der Waals surface area contributed by atoms with Gasteiger partial charge in [0.25, 0.3) is 5.91 Å². The van der Waals surface area contributed by atoms with Crippen molar-refractivity contribution < 1.29 is 23.1 Å². The van der Waals surface area contributed by atoms with Crippen LogP contribution in [0.1, 0.15) is 21.5 Å². The van der Waals surface area contributed by atoms with Gasteiger partial charge in [0, 0.05) is 6.54 Å². The molecule has 1 amide bonds. The van der Waals surface area contributed by atoms with E-state index in [1.807, 2.05) is 0 Å². The summed E-state index contributed by atoms with van der Waals surface area (Å²) in [6.07, 6.45) is -4.37. The van der Waals surface area contributed by atoms with E-state index in [2.05, 4.69) is 5.32 Å². The zero-order valence-corrected chi connectivity index (χ0v) is 11.5. The molecule has 0 aliphatic heterocycles. The summed E-state index contributed by atoms with van der Waals surface area (Å²) in [5, 5.41) is 12.0. The molecule has 6 heteroatoms. The van der Waals surface area contributed by atoms with Crippen molar-refractivity contribution >= 4 is 5.91 Å². The number of nitrogens with one attached hydrogen (secondary N) is 1. The molecule has 0 atom stereocenters. The minimum absolute atomic E-state index is 0.0419. The van der Waals surface area contributed by atoms with Crippen LogP contribution >= 0.6 is 0 Å². The van der Waals surface area contributed by atoms with Crippen LogP contribution in [0.5, 0.6) is 5.75 Å². The lowest BCUT2D eigenvalue weighted by atomic mass is 10.0. The zero-order chi connectivity index (χ0) is 16.2. The van der Waals surface area contributed by atoms with Crippen molar-refractivity contribution in [3.8, 4) is 5.75 Å². The SMILES string of the molecule is O=C(NCCc1ccccc1C(F)(F)F)c1ccccc1O. The molecular weight excluding hydrogens is 295 g/mol. The summed E-state index contributed by atoms with van der Waals surface area (Å²) in [4.78, 5) is 11.8. The number of halogens is 3. The van der Waals surface area contributed by atoms with E-state index < -0.39 is 17.6 Å². The van der Waals surface area contributed by atoms with E-state index in [-0.39, 0.29) is 29.8 Å². The van der Waals surface area contributed by atoms with Crippen LogP contribution in [0, 0.1) is 0 Å². The largest absolute Gasteiger partial charge is 0.507 e. The number of hydrogen-bond donors (Lipinski definition) is 2. The lowest BCUT2D eigenvalue weighted by Gasteiger charge is -2.13. The second kappa shape index (κ2) is 6.51. The fraction of sp³-hybridized carbons (Fsp3) is 0.188. The molecule has 0 saturated heterocycles. The minimum atomic E-state index is -4.42. The average Bonchev–Trinajstić information content (AvgIpc) is 2.47. The number of phenolic OH excluding ortho intramolecular Hbond substituents is 1. The smallest absolute Gasteiger partial charge is 0.416 e. The van der Waals surface area contributed by atoms with Crippen molar-refractivity contribution in [3.63, 3.8) is 0 Å². The summed E-state index contributed by atoms with van der Waals surface area (Å²) in [6, 6.07) is 11.2. The van der Waals surface area contributed by atoms with Crippen LogP contribution in [0.15, 0.2) is 48.5 Å². The van der Waals surface area contributed by atoms with Crippen molar-refractivity contribution in [2.24, 2.45) is 0 Å². The number of alkyl halides is 3. The Kier molecular flexibility index (Phi) is 4.70. The normalized spacial score (nSPS) is 11.2. The number of phenols is 1. The summed E-state index contributed by atoms with van der Waals surface area (Å²) in [7, 11) is 0. The second-order valence-corrected chi connectivity index (χ2v) is 4.68. The van der Waals surface area contributed by atoms with Crippen molar-refractivity contribution in [1.29, 1.82) is 0 Å². The highest BCUT2D eigenvalue weighted by molar-refractivity contribution is 5.96. The summed E-state index contributed by atoms with van der Waals surface area (Å²) < 4.78 is 38.5. The number of rotatable bonds is 4. The Morgan fingerprint density at radius 3 is 2.36 bits per heavy atom. The summed E-state index contributed by atoms with van der Waals surface area (Å²) >= 11 is 0. The van der Waals surface area contributed by atoms with Crippen molar-refractivity contribution in [3.05, 3.63) is 65.2 Å². The number of aromatic hydroxyl groups is 1. The van der Waals surface area contributed by atoms with Gasteiger partial charge < -0.3 is 10.4 Å². The maximum absolute atomic E-state index is 12.8. The highest BCUT2D eigenvalue weighted by atomic mass is 19.4. The fourth-order valence-corrected chi connectivity index (χ4v) is 2.09. The first-order valence-electron chi connectivity index (χ1n) is 6.61. The van der Waals surface area contributed by atoms with Gasteiger partial charge in [-0.05, 0) is 30.2 Å². The Hall–Kier alpha value is -2.50. The third-order valence-corrected chi connectivity index (χ3v) is 3.15. The van der Waals surface area contributed by atoms with Gasteiger partial charge in [-0.2, -0.15) is 13.2 Å². The third kappa shape index (κ3) is 3.78. The van der Waals surface area contributed by atoms with Crippen LogP contribution in [-0.4, -0.2) is 17.6 Å². The highest BCUT2D eigenvalue weighted by Gasteiger charge is 2.32. The monoisotopic (exact) mass is 309 g/mol. The van der Waals surface area contributed by atoms with Gasteiger partial charge in [-0.3, -0.25) is 4.79 Å². The Balaban J connectivity index is 2.01. The first-order chi connectivity index (χ1) is 10.4. The van der Waals surface area contributed by atoms with Gasteiger partial charge in [-0.25, -0.2) is 0 Å². The Bertz CT molecular complexity index is 668. The van der Waals surface area contributed by atoms with Crippen molar-refractivity contribution in [1.82, 2.24) is 5.32 Å². The van der Waals surface area contributed by atoms with Crippen molar-refractivity contribution in [2.45, 2.75) is 12.6 Å². The Morgan fingerprint density at radius 2 is 1.68 bits per heavy atom. The molecule has 0 radical (unpaired) electrons. The number of carbonyl (C=O) groups excluding carboxylic acids is 1. The molecule has 0 aliphatic carbocycles. The molecule has 0 fully saturated rings. The van der Waals surface area contributed by atoms with Crippen LogP contribution < -0.4 is 5.32 Å².